The molecule has 3 fully saturated rings. The Morgan fingerprint density at radius 3 is 2.59 bits per heavy atom. The molecule has 0 saturated carbocycles. The summed E-state index contributed by atoms with van der Waals surface area (Å²) >= 11 is 0. The fourth-order valence-electron chi connectivity index (χ4n) is 5.59. The first-order valence-corrected chi connectivity index (χ1v) is 13.8. The van der Waals surface area contributed by atoms with Crippen LogP contribution >= 0.6 is 0 Å². The molecule has 0 bridgehead atoms. The van der Waals surface area contributed by atoms with E-state index < -0.39 is 0 Å². The number of carbonyl (C=O) groups is 1. The van der Waals surface area contributed by atoms with E-state index in [2.05, 4.69) is 43.8 Å². The number of nitrogens with two attached hydrogens (primary N) is 1. The van der Waals surface area contributed by atoms with E-state index in [0.29, 0.717) is 49.7 Å². The Bertz CT molecular complexity index is 1020. The van der Waals surface area contributed by atoms with Crippen molar-refractivity contribution in [2.75, 3.05) is 49.1 Å². The van der Waals surface area contributed by atoms with Crippen molar-refractivity contribution in [3.63, 3.8) is 0 Å². The molecule has 37 heavy (non-hydrogen) atoms. The first kappa shape index (κ1) is 25.7. The lowest BCUT2D eigenvalue weighted by Crippen LogP contribution is -2.51. The minimum Gasteiger partial charge on any atom is -0.490 e. The predicted molar refractivity (Wildman–Crippen MR) is 140 cm³/mol. The lowest BCUT2D eigenvalue weighted by atomic mass is 9.92. The highest BCUT2D eigenvalue weighted by Gasteiger charge is 2.38. The molecular weight excluding hydrogens is 472 g/mol. The van der Waals surface area contributed by atoms with Gasteiger partial charge in [-0.2, -0.15) is 4.98 Å². The maximum absolute atomic E-state index is 12.3. The van der Waals surface area contributed by atoms with E-state index in [1.165, 1.54) is 0 Å². The van der Waals surface area contributed by atoms with Crippen LogP contribution < -0.4 is 20.3 Å². The molecule has 0 spiro atoms. The van der Waals surface area contributed by atoms with E-state index in [-0.39, 0.29) is 23.9 Å². The van der Waals surface area contributed by atoms with Gasteiger partial charge in [-0.1, -0.05) is 19.0 Å². The zero-order chi connectivity index (χ0) is 25.8. The summed E-state index contributed by atoms with van der Waals surface area (Å²) in [6.07, 6.45) is 10.5. The van der Waals surface area contributed by atoms with Gasteiger partial charge in [0.05, 0.1) is 25.0 Å². The fourth-order valence-corrected chi connectivity index (χ4v) is 5.59. The van der Waals surface area contributed by atoms with Crippen molar-refractivity contribution in [1.82, 2.24) is 25.0 Å². The Morgan fingerprint density at radius 1 is 1.11 bits per heavy atom. The van der Waals surface area contributed by atoms with Crippen LogP contribution in [0.3, 0.4) is 0 Å². The quantitative estimate of drug-likeness (QED) is 0.501. The molecule has 2 aromatic heterocycles. The number of rotatable bonds is 9. The highest BCUT2D eigenvalue weighted by molar-refractivity contribution is 5.77. The molecule has 5 rings (SSSR count). The van der Waals surface area contributed by atoms with Crippen LogP contribution in [-0.4, -0.2) is 82.3 Å². The van der Waals surface area contributed by atoms with Crippen LogP contribution in [0.1, 0.15) is 70.5 Å². The van der Waals surface area contributed by atoms with E-state index in [1.54, 1.807) is 12.4 Å². The van der Waals surface area contributed by atoms with Gasteiger partial charge in [0, 0.05) is 51.1 Å². The Kier molecular flexibility index (Phi) is 8.07. The number of ether oxygens (including phenoxy) is 1. The third kappa shape index (κ3) is 6.14. The standard InChI is InChI=1S/C26H40N8O3/c1-18(2)24-30-26(37-31-24)32-11-8-19(9-12-32)6-5-13-36-20-14-28-25(29-15-20)33-16-21(27)22(17-33)34-10-4-3-7-23(34)35/h14-15,18-19,21-22H,3-13,16-17,27H2,1-2H3/t21-,22+/m1/s1. The third-order valence-electron chi connectivity index (χ3n) is 7.85. The Balaban J connectivity index is 1.01. The summed E-state index contributed by atoms with van der Waals surface area (Å²) in [7, 11) is 0. The summed E-state index contributed by atoms with van der Waals surface area (Å²) in [5.74, 6) is 3.28. The number of nitrogens with zero attached hydrogens (tertiary/aromatic N) is 7. The lowest BCUT2D eigenvalue weighted by molar-refractivity contribution is -0.135. The molecule has 3 aliphatic rings. The highest BCUT2D eigenvalue weighted by atomic mass is 16.5. The maximum Gasteiger partial charge on any atom is 0.324 e. The van der Waals surface area contributed by atoms with E-state index >= 15 is 0 Å². The molecule has 11 heteroatoms. The molecule has 3 aliphatic heterocycles. The summed E-state index contributed by atoms with van der Waals surface area (Å²) in [5.41, 5.74) is 6.39. The minimum atomic E-state index is -0.0852. The van der Waals surface area contributed by atoms with Crippen LogP contribution in [0.5, 0.6) is 5.75 Å². The topological polar surface area (TPSA) is 127 Å². The van der Waals surface area contributed by atoms with E-state index in [1.807, 2.05) is 4.90 Å². The monoisotopic (exact) mass is 512 g/mol. The molecule has 2 N–H and O–H groups in total. The molecule has 1 amide bonds. The number of hydrogen-bond donors (Lipinski definition) is 1. The third-order valence-corrected chi connectivity index (χ3v) is 7.85. The Labute approximate surface area is 218 Å². The van der Waals surface area contributed by atoms with Crippen molar-refractivity contribution in [2.24, 2.45) is 11.7 Å². The van der Waals surface area contributed by atoms with E-state index in [9.17, 15) is 4.79 Å². The average molecular weight is 513 g/mol. The van der Waals surface area contributed by atoms with Gasteiger partial charge in [-0.3, -0.25) is 4.79 Å². The van der Waals surface area contributed by atoms with Gasteiger partial charge in [0.25, 0.3) is 0 Å². The van der Waals surface area contributed by atoms with Crippen LogP contribution in [0.15, 0.2) is 16.9 Å². The molecule has 0 aromatic carbocycles. The van der Waals surface area contributed by atoms with Crippen molar-refractivity contribution in [2.45, 2.75) is 76.8 Å². The van der Waals surface area contributed by atoms with Gasteiger partial charge in [-0.05, 0) is 44.4 Å². The van der Waals surface area contributed by atoms with Crippen molar-refractivity contribution in [3.05, 3.63) is 18.2 Å². The number of amides is 1. The van der Waals surface area contributed by atoms with Crippen LogP contribution in [0.25, 0.3) is 0 Å². The van der Waals surface area contributed by atoms with Crippen molar-refractivity contribution in [1.29, 1.82) is 0 Å². The summed E-state index contributed by atoms with van der Waals surface area (Å²) < 4.78 is 11.4. The van der Waals surface area contributed by atoms with Gasteiger partial charge < -0.3 is 29.7 Å². The summed E-state index contributed by atoms with van der Waals surface area (Å²) in [4.78, 5) is 32.1. The second-order valence-electron chi connectivity index (χ2n) is 10.9. The maximum atomic E-state index is 12.3. The molecule has 202 valence electrons. The first-order valence-electron chi connectivity index (χ1n) is 13.8. The van der Waals surface area contributed by atoms with Crippen molar-refractivity contribution >= 4 is 17.9 Å². The number of likely N-dealkylation sites (tertiary alicyclic amines) is 1. The van der Waals surface area contributed by atoms with Gasteiger partial charge >= 0.3 is 6.01 Å². The number of carbonyl (C=O) groups excluding carboxylic acids is 1. The Morgan fingerprint density at radius 2 is 1.89 bits per heavy atom. The van der Waals surface area contributed by atoms with Gasteiger partial charge in [-0.25, -0.2) is 9.97 Å². The predicted octanol–water partition coefficient (Wildman–Crippen LogP) is 2.59. The minimum absolute atomic E-state index is 0.0312. The second kappa shape index (κ2) is 11.6. The van der Waals surface area contributed by atoms with Gasteiger partial charge in [-0.15, -0.1) is 0 Å². The number of piperidine rings is 2. The number of hydrogen-bond acceptors (Lipinski definition) is 10. The average Bonchev–Trinajstić information content (AvgIpc) is 3.55. The SMILES string of the molecule is CC(C)c1noc(N2CCC(CCCOc3cnc(N4C[C@@H](N)[C@@H](N5CCCCC5=O)C4)nc3)CC2)n1. The second-order valence-corrected chi connectivity index (χ2v) is 10.9. The van der Waals surface area contributed by atoms with Gasteiger partial charge in [0.2, 0.25) is 11.9 Å². The fraction of sp³-hybridized carbons (Fsp3) is 0.731. The molecule has 2 aromatic rings. The number of anilines is 2. The molecule has 0 aliphatic carbocycles. The summed E-state index contributed by atoms with van der Waals surface area (Å²) in [6.45, 7) is 8.83. The normalized spacial score (nSPS) is 23.4. The molecule has 0 radical (unpaired) electrons. The molecule has 2 atom stereocenters. The van der Waals surface area contributed by atoms with Crippen LogP contribution in [-0.2, 0) is 4.79 Å². The summed E-state index contributed by atoms with van der Waals surface area (Å²) in [6, 6.07) is 0.599. The van der Waals surface area contributed by atoms with Crippen LogP contribution in [0.4, 0.5) is 12.0 Å². The lowest BCUT2D eigenvalue weighted by Gasteiger charge is -2.34. The first-order chi connectivity index (χ1) is 18.0. The Hall–Kier alpha value is -2.95. The highest BCUT2D eigenvalue weighted by Crippen LogP contribution is 2.27. The molecule has 0 unspecified atom stereocenters. The van der Waals surface area contributed by atoms with E-state index in [0.717, 1.165) is 64.0 Å². The zero-order valence-corrected chi connectivity index (χ0v) is 22.1. The van der Waals surface area contributed by atoms with Crippen molar-refractivity contribution < 1.29 is 14.1 Å². The van der Waals surface area contributed by atoms with E-state index in [4.69, 9.17) is 15.0 Å². The smallest absolute Gasteiger partial charge is 0.324 e. The van der Waals surface area contributed by atoms with Crippen LogP contribution in [0.2, 0.25) is 0 Å². The molecule has 3 saturated heterocycles. The van der Waals surface area contributed by atoms with Gasteiger partial charge in [0.1, 0.15) is 0 Å². The van der Waals surface area contributed by atoms with Crippen LogP contribution in [0, 0.1) is 5.92 Å². The molecular formula is C26H40N8O3. The largest absolute Gasteiger partial charge is 0.490 e. The molecule has 11 nitrogen and oxygen atoms in total. The van der Waals surface area contributed by atoms with Gasteiger partial charge in [0.15, 0.2) is 11.6 Å². The molecule has 5 heterocycles. The van der Waals surface area contributed by atoms with Crippen molar-refractivity contribution in [3.8, 4) is 5.75 Å². The summed E-state index contributed by atoms with van der Waals surface area (Å²) in [5, 5.41) is 4.08. The number of aromatic nitrogens is 4. The zero-order valence-electron chi connectivity index (χ0n) is 22.1.